The molecule has 3 heteroatoms. The van der Waals surface area contributed by atoms with E-state index in [2.05, 4.69) is 22.0 Å². The van der Waals surface area contributed by atoms with Crippen LogP contribution in [0.5, 0.6) is 5.75 Å². The van der Waals surface area contributed by atoms with Gasteiger partial charge in [-0.25, -0.2) is 4.98 Å². The summed E-state index contributed by atoms with van der Waals surface area (Å²) in [5, 5.41) is 0. The highest BCUT2D eigenvalue weighted by Crippen LogP contribution is 2.24. The molecule has 1 saturated heterocycles. The van der Waals surface area contributed by atoms with E-state index in [1.165, 1.54) is 12.8 Å². The van der Waals surface area contributed by atoms with Crippen molar-refractivity contribution in [2.75, 3.05) is 18.1 Å². The second kappa shape index (κ2) is 5.95. The van der Waals surface area contributed by atoms with E-state index in [0.29, 0.717) is 6.04 Å². The Kier molecular flexibility index (Phi) is 3.86. The molecule has 0 saturated carbocycles. The number of hydrogen-bond donors (Lipinski definition) is 0. The molecule has 0 bridgehead atoms. The zero-order chi connectivity index (χ0) is 13.8. The summed E-state index contributed by atoms with van der Waals surface area (Å²) in [6.07, 6.45) is 2.38. The van der Waals surface area contributed by atoms with Crippen molar-refractivity contribution in [2.24, 2.45) is 0 Å². The van der Waals surface area contributed by atoms with E-state index < -0.39 is 0 Å². The summed E-state index contributed by atoms with van der Waals surface area (Å²) in [5.41, 5.74) is 1.07. The van der Waals surface area contributed by atoms with Crippen LogP contribution in [0.1, 0.15) is 18.5 Å². The van der Waals surface area contributed by atoms with E-state index in [1.807, 2.05) is 43.3 Å². The number of rotatable bonds is 4. The largest absolute Gasteiger partial charge is 0.491 e. The van der Waals surface area contributed by atoms with Crippen LogP contribution in [0.25, 0.3) is 0 Å². The highest BCUT2D eigenvalue weighted by atomic mass is 16.5. The predicted molar refractivity (Wildman–Crippen MR) is 81.3 cm³/mol. The van der Waals surface area contributed by atoms with E-state index >= 15 is 0 Å². The molecule has 1 aromatic heterocycles. The Morgan fingerprint density at radius 1 is 1.15 bits per heavy atom. The maximum atomic E-state index is 5.90. The number of para-hydroxylation sites is 1. The van der Waals surface area contributed by atoms with Crippen LogP contribution in [0.4, 0.5) is 5.82 Å². The van der Waals surface area contributed by atoms with Gasteiger partial charge in [0.2, 0.25) is 0 Å². The van der Waals surface area contributed by atoms with Crippen molar-refractivity contribution in [1.29, 1.82) is 0 Å². The minimum atomic E-state index is 0.421. The molecule has 1 atom stereocenters. The van der Waals surface area contributed by atoms with E-state index in [4.69, 9.17) is 4.74 Å². The molecule has 1 aromatic carbocycles. The number of ether oxygens (including phenoxy) is 1. The number of hydrogen-bond acceptors (Lipinski definition) is 3. The highest BCUT2D eigenvalue weighted by molar-refractivity contribution is 5.41. The van der Waals surface area contributed by atoms with Gasteiger partial charge < -0.3 is 9.64 Å². The minimum absolute atomic E-state index is 0.421. The quantitative estimate of drug-likeness (QED) is 0.849. The zero-order valence-electron chi connectivity index (χ0n) is 11.8. The SMILES string of the molecule is Cc1cccc(N2CCC[C@H]2COc2ccccc2)n1. The van der Waals surface area contributed by atoms with E-state index in [1.54, 1.807) is 0 Å². The van der Waals surface area contributed by atoms with Crippen LogP contribution in [-0.2, 0) is 0 Å². The van der Waals surface area contributed by atoms with E-state index in [0.717, 1.165) is 30.4 Å². The van der Waals surface area contributed by atoms with Gasteiger partial charge in [0.25, 0.3) is 0 Å². The summed E-state index contributed by atoms with van der Waals surface area (Å²) >= 11 is 0. The van der Waals surface area contributed by atoms with Gasteiger partial charge in [0.05, 0.1) is 6.04 Å². The van der Waals surface area contributed by atoms with Crippen LogP contribution in [0, 0.1) is 6.92 Å². The number of benzene rings is 1. The molecule has 104 valence electrons. The molecule has 3 nitrogen and oxygen atoms in total. The molecule has 20 heavy (non-hydrogen) atoms. The number of pyridine rings is 1. The van der Waals surface area contributed by atoms with Gasteiger partial charge in [0.15, 0.2) is 0 Å². The standard InChI is InChI=1S/C17H20N2O/c1-14-7-5-11-17(18-14)19-12-6-8-15(19)13-20-16-9-3-2-4-10-16/h2-5,7,9-11,15H,6,8,12-13H2,1H3/t15-/m0/s1. The molecule has 0 aliphatic carbocycles. The lowest BCUT2D eigenvalue weighted by atomic mass is 10.2. The number of anilines is 1. The van der Waals surface area contributed by atoms with Crippen LogP contribution in [0.2, 0.25) is 0 Å². The summed E-state index contributed by atoms with van der Waals surface area (Å²) in [7, 11) is 0. The summed E-state index contributed by atoms with van der Waals surface area (Å²) < 4.78 is 5.90. The molecule has 0 amide bonds. The van der Waals surface area contributed by atoms with Gasteiger partial charge in [-0.15, -0.1) is 0 Å². The average Bonchev–Trinajstić information content (AvgIpc) is 2.95. The summed E-state index contributed by atoms with van der Waals surface area (Å²) in [5.74, 6) is 2.01. The first-order chi connectivity index (χ1) is 9.83. The number of nitrogens with zero attached hydrogens (tertiary/aromatic N) is 2. The molecule has 2 heterocycles. The minimum Gasteiger partial charge on any atom is -0.491 e. The molecule has 1 aliphatic rings. The van der Waals surface area contributed by atoms with Crippen LogP contribution >= 0.6 is 0 Å². The van der Waals surface area contributed by atoms with Crippen molar-refractivity contribution in [3.05, 3.63) is 54.2 Å². The summed E-state index contributed by atoms with van der Waals surface area (Å²) in [6, 6.07) is 16.6. The van der Waals surface area contributed by atoms with Gasteiger partial charge in [0, 0.05) is 12.2 Å². The fourth-order valence-electron chi connectivity index (χ4n) is 2.71. The third-order valence-corrected chi connectivity index (χ3v) is 3.73. The lowest BCUT2D eigenvalue weighted by Gasteiger charge is -2.26. The van der Waals surface area contributed by atoms with Crippen molar-refractivity contribution in [3.63, 3.8) is 0 Å². The monoisotopic (exact) mass is 268 g/mol. The maximum Gasteiger partial charge on any atom is 0.129 e. The molecule has 0 N–H and O–H groups in total. The Balaban J connectivity index is 1.67. The molecular formula is C17H20N2O. The van der Waals surface area contributed by atoms with Gasteiger partial charge in [-0.2, -0.15) is 0 Å². The predicted octanol–water partition coefficient (Wildman–Crippen LogP) is 3.44. The summed E-state index contributed by atoms with van der Waals surface area (Å²) in [6.45, 7) is 3.83. The van der Waals surface area contributed by atoms with Crippen LogP contribution in [0.15, 0.2) is 48.5 Å². The van der Waals surface area contributed by atoms with Crippen molar-refractivity contribution < 1.29 is 4.74 Å². The van der Waals surface area contributed by atoms with Crippen molar-refractivity contribution >= 4 is 5.82 Å². The Bertz CT molecular complexity index is 556. The Hall–Kier alpha value is -2.03. The molecule has 1 aliphatic heterocycles. The molecule has 0 radical (unpaired) electrons. The smallest absolute Gasteiger partial charge is 0.129 e. The van der Waals surface area contributed by atoms with Gasteiger partial charge >= 0.3 is 0 Å². The van der Waals surface area contributed by atoms with Crippen molar-refractivity contribution in [1.82, 2.24) is 4.98 Å². The molecule has 2 aromatic rings. The van der Waals surface area contributed by atoms with Crippen LogP contribution in [0.3, 0.4) is 0 Å². The highest BCUT2D eigenvalue weighted by Gasteiger charge is 2.26. The first-order valence-corrected chi connectivity index (χ1v) is 7.21. The fraction of sp³-hybridized carbons (Fsp3) is 0.353. The molecule has 0 unspecified atom stereocenters. The van der Waals surface area contributed by atoms with Gasteiger partial charge in [-0.1, -0.05) is 24.3 Å². The van der Waals surface area contributed by atoms with Crippen molar-refractivity contribution in [3.8, 4) is 5.75 Å². The van der Waals surface area contributed by atoms with Gasteiger partial charge in [0.1, 0.15) is 18.2 Å². The third kappa shape index (κ3) is 2.93. The average molecular weight is 268 g/mol. The molecular weight excluding hydrogens is 248 g/mol. The van der Waals surface area contributed by atoms with Crippen LogP contribution in [-0.4, -0.2) is 24.2 Å². The first kappa shape index (κ1) is 13.0. The van der Waals surface area contributed by atoms with Gasteiger partial charge in [-0.3, -0.25) is 0 Å². The van der Waals surface area contributed by atoms with E-state index in [-0.39, 0.29) is 0 Å². The lowest BCUT2D eigenvalue weighted by molar-refractivity contribution is 0.288. The number of aromatic nitrogens is 1. The Labute approximate surface area is 120 Å². The second-order valence-electron chi connectivity index (χ2n) is 5.25. The fourth-order valence-corrected chi connectivity index (χ4v) is 2.71. The second-order valence-corrected chi connectivity index (χ2v) is 5.25. The topological polar surface area (TPSA) is 25.4 Å². The number of aryl methyl sites for hydroxylation is 1. The normalized spacial score (nSPS) is 18.2. The van der Waals surface area contributed by atoms with Crippen molar-refractivity contribution in [2.45, 2.75) is 25.8 Å². The molecule has 1 fully saturated rings. The maximum absolute atomic E-state index is 5.90. The van der Waals surface area contributed by atoms with Crippen LogP contribution < -0.4 is 9.64 Å². The first-order valence-electron chi connectivity index (χ1n) is 7.21. The third-order valence-electron chi connectivity index (χ3n) is 3.73. The molecule has 0 spiro atoms. The van der Waals surface area contributed by atoms with Gasteiger partial charge in [-0.05, 0) is 44.0 Å². The Morgan fingerprint density at radius 2 is 2.00 bits per heavy atom. The lowest BCUT2D eigenvalue weighted by Crippen LogP contribution is -2.34. The summed E-state index contributed by atoms with van der Waals surface area (Å²) in [4.78, 5) is 7.00. The molecule has 3 rings (SSSR count). The Morgan fingerprint density at radius 3 is 2.80 bits per heavy atom. The van der Waals surface area contributed by atoms with E-state index in [9.17, 15) is 0 Å². The zero-order valence-corrected chi connectivity index (χ0v) is 11.8.